The molecule has 2 aliphatic rings. The number of halogens is 1. The third kappa shape index (κ3) is 1.91. The molecule has 19 heavy (non-hydrogen) atoms. The van der Waals surface area contributed by atoms with Gasteiger partial charge in [-0.3, -0.25) is 4.79 Å². The van der Waals surface area contributed by atoms with E-state index in [0.717, 1.165) is 22.9 Å². The minimum Gasteiger partial charge on any atom is -0.490 e. The molecule has 0 radical (unpaired) electrons. The standard InChI is InChI=1S/C14H15BrO4/c15-11-9(14(13(16)17)5-1-6-14)3-4-10-12(11)19-8-2-7-18-10/h3-4H,1-2,5-8H2,(H,16,17). The summed E-state index contributed by atoms with van der Waals surface area (Å²) in [5.41, 5.74) is 0.0410. The van der Waals surface area contributed by atoms with E-state index in [1.54, 1.807) is 0 Å². The number of carboxylic acids is 1. The van der Waals surface area contributed by atoms with Gasteiger partial charge in [0.15, 0.2) is 11.5 Å². The fraction of sp³-hybridized carbons (Fsp3) is 0.500. The van der Waals surface area contributed by atoms with Crippen LogP contribution in [0.3, 0.4) is 0 Å². The van der Waals surface area contributed by atoms with E-state index in [0.29, 0.717) is 37.6 Å². The minimum absolute atomic E-state index is 0.592. The zero-order chi connectivity index (χ0) is 13.5. The Kier molecular flexibility index (Phi) is 3.17. The molecule has 1 aromatic carbocycles. The molecule has 3 rings (SSSR count). The Balaban J connectivity index is 2.08. The molecule has 1 aromatic rings. The molecule has 0 amide bonds. The summed E-state index contributed by atoms with van der Waals surface area (Å²) in [4.78, 5) is 11.6. The molecule has 1 heterocycles. The lowest BCUT2D eigenvalue weighted by atomic mass is 9.64. The number of ether oxygens (including phenoxy) is 2. The average Bonchev–Trinajstić information content (AvgIpc) is 2.55. The first-order valence-electron chi connectivity index (χ1n) is 6.47. The van der Waals surface area contributed by atoms with Crippen LogP contribution >= 0.6 is 15.9 Å². The minimum atomic E-state index is -0.760. The third-order valence-corrected chi connectivity index (χ3v) is 4.77. The Morgan fingerprint density at radius 3 is 2.58 bits per heavy atom. The first-order valence-corrected chi connectivity index (χ1v) is 7.26. The molecule has 0 saturated heterocycles. The Hall–Kier alpha value is -1.23. The Morgan fingerprint density at radius 2 is 1.95 bits per heavy atom. The second-order valence-corrected chi connectivity index (χ2v) is 5.84. The molecular formula is C14H15BrO4. The van der Waals surface area contributed by atoms with Crippen LogP contribution in [0.2, 0.25) is 0 Å². The molecule has 1 fully saturated rings. The van der Waals surface area contributed by atoms with Crippen LogP contribution in [0.15, 0.2) is 16.6 Å². The van der Waals surface area contributed by atoms with Crippen LogP contribution in [0.4, 0.5) is 0 Å². The SMILES string of the molecule is O=C(O)C1(c2ccc3c(c2Br)OCCCO3)CCC1. The molecule has 0 atom stereocenters. The molecule has 1 N–H and O–H groups in total. The van der Waals surface area contributed by atoms with Crippen molar-refractivity contribution in [1.82, 2.24) is 0 Å². The fourth-order valence-corrected chi connectivity index (χ4v) is 3.52. The van der Waals surface area contributed by atoms with Crippen molar-refractivity contribution in [1.29, 1.82) is 0 Å². The van der Waals surface area contributed by atoms with Crippen molar-refractivity contribution >= 4 is 21.9 Å². The molecule has 4 nitrogen and oxygen atoms in total. The Bertz CT molecular complexity index is 522. The zero-order valence-electron chi connectivity index (χ0n) is 10.4. The molecule has 1 aliphatic carbocycles. The van der Waals surface area contributed by atoms with Gasteiger partial charge in [0, 0.05) is 6.42 Å². The zero-order valence-corrected chi connectivity index (χ0v) is 12.0. The lowest BCUT2D eigenvalue weighted by Crippen LogP contribution is -2.42. The van der Waals surface area contributed by atoms with Gasteiger partial charge in [-0.2, -0.15) is 0 Å². The van der Waals surface area contributed by atoms with Crippen LogP contribution < -0.4 is 9.47 Å². The lowest BCUT2D eigenvalue weighted by Gasteiger charge is -2.39. The van der Waals surface area contributed by atoms with Gasteiger partial charge in [0.05, 0.1) is 23.1 Å². The van der Waals surface area contributed by atoms with Crippen LogP contribution in [-0.4, -0.2) is 24.3 Å². The highest BCUT2D eigenvalue weighted by molar-refractivity contribution is 9.10. The van der Waals surface area contributed by atoms with E-state index in [9.17, 15) is 9.90 Å². The van der Waals surface area contributed by atoms with Gasteiger partial charge in [0.1, 0.15) is 0 Å². The van der Waals surface area contributed by atoms with E-state index in [-0.39, 0.29) is 0 Å². The summed E-state index contributed by atoms with van der Waals surface area (Å²) in [5.74, 6) is 0.574. The predicted molar refractivity (Wildman–Crippen MR) is 72.9 cm³/mol. The maximum atomic E-state index is 11.6. The summed E-state index contributed by atoms with van der Waals surface area (Å²) in [6.45, 7) is 1.22. The lowest BCUT2D eigenvalue weighted by molar-refractivity contribution is -0.147. The topological polar surface area (TPSA) is 55.8 Å². The molecule has 0 aromatic heterocycles. The maximum absolute atomic E-state index is 11.6. The van der Waals surface area contributed by atoms with Crippen molar-refractivity contribution in [2.45, 2.75) is 31.1 Å². The van der Waals surface area contributed by atoms with Crippen molar-refractivity contribution < 1.29 is 19.4 Å². The Labute approximate surface area is 119 Å². The number of carbonyl (C=O) groups is 1. The summed E-state index contributed by atoms with van der Waals surface area (Å²) in [6, 6.07) is 3.68. The second kappa shape index (κ2) is 4.71. The van der Waals surface area contributed by atoms with Gasteiger partial charge in [-0.05, 0) is 40.4 Å². The molecule has 0 bridgehead atoms. The maximum Gasteiger partial charge on any atom is 0.314 e. The number of hydrogen-bond acceptors (Lipinski definition) is 3. The molecule has 0 unspecified atom stereocenters. The van der Waals surface area contributed by atoms with Gasteiger partial charge in [0.2, 0.25) is 0 Å². The number of rotatable bonds is 2. The number of benzene rings is 1. The monoisotopic (exact) mass is 326 g/mol. The largest absolute Gasteiger partial charge is 0.490 e. The van der Waals surface area contributed by atoms with Crippen LogP contribution in [0.5, 0.6) is 11.5 Å². The third-order valence-electron chi connectivity index (χ3n) is 3.99. The fourth-order valence-electron chi connectivity index (χ4n) is 2.70. The van der Waals surface area contributed by atoms with Crippen LogP contribution in [0, 0.1) is 0 Å². The summed E-state index contributed by atoms with van der Waals surface area (Å²) in [6.07, 6.45) is 3.15. The van der Waals surface area contributed by atoms with Crippen molar-refractivity contribution in [3.05, 3.63) is 22.2 Å². The van der Waals surface area contributed by atoms with Crippen molar-refractivity contribution in [3.63, 3.8) is 0 Å². The summed E-state index contributed by atoms with van der Waals surface area (Å²) < 4.78 is 12.0. The Morgan fingerprint density at radius 1 is 1.21 bits per heavy atom. The van der Waals surface area contributed by atoms with Gasteiger partial charge in [0.25, 0.3) is 0 Å². The van der Waals surface area contributed by atoms with E-state index in [1.807, 2.05) is 12.1 Å². The average molecular weight is 327 g/mol. The highest BCUT2D eigenvalue weighted by Crippen LogP contribution is 2.50. The van der Waals surface area contributed by atoms with E-state index in [4.69, 9.17) is 9.47 Å². The van der Waals surface area contributed by atoms with Gasteiger partial charge >= 0.3 is 5.97 Å². The first-order chi connectivity index (χ1) is 9.15. The van der Waals surface area contributed by atoms with Crippen LogP contribution in [0.25, 0.3) is 0 Å². The molecule has 1 aliphatic heterocycles. The van der Waals surface area contributed by atoms with Crippen LogP contribution in [-0.2, 0) is 10.2 Å². The normalized spacial score (nSPS) is 20.3. The quantitative estimate of drug-likeness (QED) is 0.907. The summed E-state index contributed by atoms with van der Waals surface area (Å²) in [5, 5.41) is 9.53. The molecule has 1 saturated carbocycles. The van der Waals surface area contributed by atoms with E-state index in [1.165, 1.54) is 0 Å². The molecule has 0 spiro atoms. The number of fused-ring (bicyclic) bond motifs is 1. The number of carboxylic acid groups (broad SMARTS) is 1. The highest BCUT2D eigenvalue weighted by atomic mass is 79.9. The smallest absolute Gasteiger partial charge is 0.314 e. The van der Waals surface area contributed by atoms with Gasteiger partial charge in [-0.25, -0.2) is 0 Å². The predicted octanol–water partition coefficient (Wildman–Crippen LogP) is 3.12. The summed E-state index contributed by atoms with van der Waals surface area (Å²) >= 11 is 3.51. The van der Waals surface area contributed by atoms with Crippen molar-refractivity contribution in [2.24, 2.45) is 0 Å². The molecule has 102 valence electrons. The van der Waals surface area contributed by atoms with Gasteiger partial charge in [-0.15, -0.1) is 0 Å². The first kappa shape index (κ1) is 12.8. The summed E-state index contributed by atoms with van der Waals surface area (Å²) in [7, 11) is 0. The van der Waals surface area contributed by atoms with E-state index >= 15 is 0 Å². The van der Waals surface area contributed by atoms with Crippen molar-refractivity contribution in [2.75, 3.05) is 13.2 Å². The van der Waals surface area contributed by atoms with Crippen LogP contribution in [0.1, 0.15) is 31.2 Å². The van der Waals surface area contributed by atoms with Crippen molar-refractivity contribution in [3.8, 4) is 11.5 Å². The molecule has 5 heteroatoms. The van der Waals surface area contributed by atoms with E-state index < -0.39 is 11.4 Å². The van der Waals surface area contributed by atoms with Gasteiger partial charge in [-0.1, -0.05) is 12.5 Å². The second-order valence-electron chi connectivity index (χ2n) is 5.05. The molecular weight excluding hydrogens is 312 g/mol. The number of hydrogen-bond donors (Lipinski definition) is 1. The number of aliphatic carboxylic acids is 1. The van der Waals surface area contributed by atoms with Gasteiger partial charge < -0.3 is 14.6 Å². The highest BCUT2D eigenvalue weighted by Gasteiger charge is 2.47. The van der Waals surface area contributed by atoms with E-state index in [2.05, 4.69) is 15.9 Å².